The molecule has 3 aliphatic rings. The zero-order valence-electron chi connectivity index (χ0n) is 15.9. The van der Waals surface area contributed by atoms with Gasteiger partial charge in [0.1, 0.15) is 5.78 Å². The molecular formula is C24H26N2O. The smallest absolute Gasteiger partial charge is 0.147 e. The number of aryl methyl sites for hydroxylation is 1. The fourth-order valence-electron chi connectivity index (χ4n) is 5.78. The van der Waals surface area contributed by atoms with E-state index >= 15 is 0 Å². The molecular weight excluding hydrogens is 332 g/mol. The molecule has 27 heavy (non-hydrogen) atoms. The SMILES string of the molecule is Cc1ccc(C2=NN(c3ccccc3)C34CCCCC(=O)C23CCC4)cc1. The molecule has 3 heteroatoms. The van der Waals surface area contributed by atoms with E-state index in [1.165, 1.54) is 5.56 Å². The first-order valence-corrected chi connectivity index (χ1v) is 10.2. The lowest BCUT2D eigenvalue weighted by molar-refractivity contribution is -0.126. The molecule has 2 unspecified atom stereocenters. The predicted molar refractivity (Wildman–Crippen MR) is 109 cm³/mol. The van der Waals surface area contributed by atoms with Gasteiger partial charge in [0.15, 0.2) is 0 Å². The topological polar surface area (TPSA) is 32.7 Å². The van der Waals surface area contributed by atoms with Crippen LogP contribution in [0.15, 0.2) is 59.7 Å². The quantitative estimate of drug-likeness (QED) is 0.732. The van der Waals surface area contributed by atoms with Gasteiger partial charge in [0.05, 0.1) is 22.4 Å². The summed E-state index contributed by atoms with van der Waals surface area (Å²) in [6, 6.07) is 19.0. The second kappa shape index (κ2) is 6.05. The van der Waals surface area contributed by atoms with E-state index in [0.717, 1.165) is 55.5 Å². The number of nitrogens with zero attached hydrogens (tertiary/aromatic N) is 2. The van der Waals surface area contributed by atoms with Crippen molar-refractivity contribution in [3.63, 3.8) is 0 Å². The summed E-state index contributed by atoms with van der Waals surface area (Å²) in [6.45, 7) is 2.10. The number of hydrogen-bond acceptors (Lipinski definition) is 3. The van der Waals surface area contributed by atoms with Crippen LogP contribution in [0.5, 0.6) is 0 Å². The van der Waals surface area contributed by atoms with E-state index in [1.54, 1.807) is 0 Å². The number of benzene rings is 2. The van der Waals surface area contributed by atoms with Crippen molar-refractivity contribution in [1.29, 1.82) is 0 Å². The molecule has 5 rings (SSSR count). The van der Waals surface area contributed by atoms with Crippen LogP contribution < -0.4 is 5.01 Å². The summed E-state index contributed by atoms with van der Waals surface area (Å²) in [5, 5.41) is 7.42. The first-order chi connectivity index (χ1) is 13.2. The molecule has 2 aliphatic carbocycles. The molecule has 138 valence electrons. The minimum Gasteiger partial charge on any atom is -0.299 e. The summed E-state index contributed by atoms with van der Waals surface area (Å²) in [4.78, 5) is 13.6. The Morgan fingerprint density at radius 3 is 2.41 bits per heavy atom. The van der Waals surface area contributed by atoms with Gasteiger partial charge < -0.3 is 0 Å². The van der Waals surface area contributed by atoms with Gasteiger partial charge in [0.2, 0.25) is 0 Å². The molecule has 2 aromatic rings. The van der Waals surface area contributed by atoms with E-state index in [2.05, 4.69) is 60.5 Å². The zero-order chi connectivity index (χ0) is 18.5. The number of carbonyl (C=O) groups excluding carboxylic acids is 1. The van der Waals surface area contributed by atoms with E-state index in [0.29, 0.717) is 12.2 Å². The Hall–Kier alpha value is -2.42. The molecule has 0 amide bonds. The van der Waals surface area contributed by atoms with E-state index in [4.69, 9.17) is 5.10 Å². The molecule has 2 saturated carbocycles. The molecule has 0 spiro atoms. The van der Waals surface area contributed by atoms with E-state index in [-0.39, 0.29) is 5.54 Å². The highest BCUT2D eigenvalue weighted by atomic mass is 16.1. The van der Waals surface area contributed by atoms with Crippen LogP contribution in [-0.4, -0.2) is 17.0 Å². The van der Waals surface area contributed by atoms with Gasteiger partial charge in [-0.2, -0.15) is 5.10 Å². The number of anilines is 1. The van der Waals surface area contributed by atoms with Crippen molar-refractivity contribution in [3.8, 4) is 0 Å². The number of carbonyl (C=O) groups is 1. The van der Waals surface area contributed by atoms with Gasteiger partial charge in [-0.15, -0.1) is 0 Å². The monoisotopic (exact) mass is 358 g/mol. The minimum absolute atomic E-state index is 0.192. The number of Topliss-reactive ketones (excluding diaryl/α,β-unsaturated/α-hetero) is 1. The molecule has 1 aliphatic heterocycles. The molecule has 2 aromatic carbocycles. The maximum absolute atomic E-state index is 13.6. The summed E-state index contributed by atoms with van der Waals surface area (Å²) >= 11 is 0. The van der Waals surface area contributed by atoms with E-state index < -0.39 is 5.41 Å². The average molecular weight is 358 g/mol. The highest BCUT2D eigenvalue weighted by Crippen LogP contribution is 2.61. The first-order valence-electron chi connectivity index (χ1n) is 10.2. The third-order valence-electron chi connectivity index (χ3n) is 6.99. The zero-order valence-corrected chi connectivity index (χ0v) is 15.9. The molecule has 0 radical (unpaired) electrons. The maximum atomic E-state index is 13.6. The third-order valence-corrected chi connectivity index (χ3v) is 6.99. The molecule has 2 fully saturated rings. The summed E-state index contributed by atoms with van der Waals surface area (Å²) in [5.41, 5.74) is 3.83. The van der Waals surface area contributed by atoms with Crippen molar-refractivity contribution in [2.24, 2.45) is 10.5 Å². The summed E-state index contributed by atoms with van der Waals surface area (Å²) in [7, 11) is 0. The van der Waals surface area contributed by atoms with Crippen LogP contribution in [0.2, 0.25) is 0 Å². The van der Waals surface area contributed by atoms with Crippen LogP contribution in [0, 0.1) is 12.3 Å². The summed E-state index contributed by atoms with van der Waals surface area (Å²) in [5.74, 6) is 0.412. The van der Waals surface area contributed by atoms with E-state index in [9.17, 15) is 4.79 Å². The van der Waals surface area contributed by atoms with Crippen LogP contribution >= 0.6 is 0 Å². The largest absolute Gasteiger partial charge is 0.299 e. The molecule has 1 heterocycles. The van der Waals surface area contributed by atoms with Crippen LogP contribution in [0.3, 0.4) is 0 Å². The van der Waals surface area contributed by atoms with Gasteiger partial charge in [0, 0.05) is 6.42 Å². The van der Waals surface area contributed by atoms with Crippen LogP contribution in [0.4, 0.5) is 5.69 Å². The van der Waals surface area contributed by atoms with Crippen molar-refractivity contribution in [3.05, 3.63) is 65.7 Å². The maximum Gasteiger partial charge on any atom is 0.147 e. The second-order valence-corrected chi connectivity index (χ2v) is 8.38. The predicted octanol–water partition coefficient (Wildman–Crippen LogP) is 5.27. The van der Waals surface area contributed by atoms with Crippen LogP contribution in [0.25, 0.3) is 0 Å². The van der Waals surface area contributed by atoms with Crippen molar-refractivity contribution < 1.29 is 4.79 Å². The van der Waals surface area contributed by atoms with Gasteiger partial charge in [-0.1, -0.05) is 54.4 Å². The van der Waals surface area contributed by atoms with Gasteiger partial charge >= 0.3 is 0 Å². The Balaban J connectivity index is 1.75. The Bertz CT molecular complexity index is 902. The van der Waals surface area contributed by atoms with Crippen molar-refractivity contribution >= 4 is 17.2 Å². The normalized spacial score (nSPS) is 29.9. The highest BCUT2D eigenvalue weighted by molar-refractivity contribution is 6.21. The Labute approximate surface area is 161 Å². The average Bonchev–Trinajstić information content (AvgIpc) is 3.16. The Kier molecular flexibility index (Phi) is 3.75. The number of ketones is 1. The Morgan fingerprint density at radius 2 is 1.63 bits per heavy atom. The van der Waals surface area contributed by atoms with Crippen molar-refractivity contribution in [2.45, 2.75) is 57.4 Å². The van der Waals surface area contributed by atoms with Crippen molar-refractivity contribution in [2.75, 3.05) is 5.01 Å². The molecule has 0 aromatic heterocycles. The lowest BCUT2D eigenvalue weighted by Gasteiger charge is -2.43. The molecule has 0 saturated heterocycles. The second-order valence-electron chi connectivity index (χ2n) is 8.38. The third kappa shape index (κ3) is 2.20. The number of hydrogen-bond donors (Lipinski definition) is 0. The number of rotatable bonds is 2. The van der Waals surface area contributed by atoms with Crippen LogP contribution in [-0.2, 0) is 4.79 Å². The lowest BCUT2D eigenvalue weighted by Crippen LogP contribution is -2.56. The molecule has 0 bridgehead atoms. The fraction of sp³-hybridized carbons (Fsp3) is 0.417. The number of para-hydroxylation sites is 1. The van der Waals surface area contributed by atoms with Gasteiger partial charge in [-0.3, -0.25) is 9.80 Å². The van der Waals surface area contributed by atoms with Gasteiger partial charge in [0.25, 0.3) is 0 Å². The minimum atomic E-state index is -0.450. The molecule has 2 atom stereocenters. The number of hydrazone groups is 1. The van der Waals surface area contributed by atoms with Crippen LogP contribution in [0.1, 0.15) is 56.1 Å². The summed E-state index contributed by atoms with van der Waals surface area (Å²) in [6.07, 6.45) is 6.93. The lowest BCUT2D eigenvalue weighted by atomic mass is 9.64. The fourth-order valence-corrected chi connectivity index (χ4v) is 5.78. The molecule has 0 N–H and O–H groups in total. The summed E-state index contributed by atoms with van der Waals surface area (Å²) < 4.78 is 0. The standard InChI is InChI=1S/C24H26N2O/c1-18-11-13-19(14-12-18)22-24-17-7-16-23(24,15-6-5-10-21(24)27)26(25-22)20-8-3-2-4-9-20/h2-4,8-9,11-14H,5-7,10,15-17H2,1H3. The van der Waals surface area contributed by atoms with Gasteiger partial charge in [-0.25, -0.2) is 0 Å². The first kappa shape index (κ1) is 16.7. The Morgan fingerprint density at radius 1 is 0.889 bits per heavy atom. The van der Waals surface area contributed by atoms with Crippen molar-refractivity contribution in [1.82, 2.24) is 0 Å². The van der Waals surface area contributed by atoms with Gasteiger partial charge in [-0.05, 0) is 56.7 Å². The highest BCUT2D eigenvalue weighted by Gasteiger charge is 2.68. The molecule has 3 nitrogen and oxygen atoms in total. The van der Waals surface area contributed by atoms with E-state index in [1.807, 2.05) is 6.07 Å².